The highest BCUT2D eigenvalue weighted by atomic mass is 16.5. The Bertz CT molecular complexity index is 117. The molecule has 0 aliphatic carbocycles. The molecule has 0 heterocycles. The number of nitrogens with one attached hydrogen (secondary N) is 1. The molecule has 0 aliphatic heterocycles. The first kappa shape index (κ1) is 13.9. The highest BCUT2D eigenvalue weighted by Crippen LogP contribution is 2.04. The minimum atomic E-state index is 0.621. The summed E-state index contributed by atoms with van der Waals surface area (Å²) in [7, 11) is 1.77. The van der Waals surface area contributed by atoms with Crippen LogP contribution >= 0.6 is 0 Å². The van der Waals surface area contributed by atoms with E-state index in [1.165, 1.54) is 25.7 Å². The second kappa shape index (κ2) is 9.47. The van der Waals surface area contributed by atoms with Crippen LogP contribution < -0.4 is 5.32 Å². The molecule has 0 aromatic heterocycles. The van der Waals surface area contributed by atoms with Crippen LogP contribution in [0.25, 0.3) is 0 Å². The highest BCUT2D eigenvalue weighted by molar-refractivity contribution is 4.66. The molecule has 0 rings (SSSR count). The zero-order valence-corrected chi connectivity index (χ0v) is 10.3. The van der Waals surface area contributed by atoms with E-state index in [0.717, 1.165) is 13.2 Å². The molecule has 2 unspecified atom stereocenters. The molecule has 0 spiro atoms. The first-order valence-corrected chi connectivity index (χ1v) is 5.96. The second-order valence-electron chi connectivity index (χ2n) is 4.22. The molecule has 2 nitrogen and oxygen atoms in total. The molecular weight excluding hydrogens is 174 g/mol. The number of rotatable bonds is 9. The van der Waals surface area contributed by atoms with Crippen molar-refractivity contribution in [1.29, 1.82) is 0 Å². The average Bonchev–Trinajstić information content (AvgIpc) is 2.19. The van der Waals surface area contributed by atoms with Gasteiger partial charge in [0.25, 0.3) is 0 Å². The van der Waals surface area contributed by atoms with Crippen LogP contribution in [0, 0.1) is 5.92 Å². The first-order valence-electron chi connectivity index (χ1n) is 5.96. The second-order valence-corrected chi connectivity index (χ2v) is 4.22. The van der Waals surface area contributed by atoms with Gasteiger partial charge in [0.2, 0.25) is 0 Å². The Balaban J connectivity index is 3.50. The van der Waals surface area contributed by atoms with E-state index in [2.05, 4.69) is 26.1 Å². The van der Waals surface area contributed by atoms with Gasteiger partial charge in [-0.2, -0.15) is 0 Å². The maximum Gasteiger partial charge on any atom is 0.0499 e. The van der Waals surface area contributed by atoms with Gasteiger partial charge in [-0.05, 0) is 18.8 Å². The van der Waals surface area contributed by atoms with Crippen LogP contribution in [0.4, 0.5) is 0 Å². The van der Waals surface area contributed by atoms with E-state index in [1.807, 2.05) is 0 Å². The average molecular weight is 201 g/mol. The lowest BCUT2D eigenvalue weighted by atomic mass is 10.1. The van der Waals surface area contributed by atoms with Crippen molar-refractivity contribution in [3.05, 3.63) is 0 Å². The molecule has 0 radical (unpaired) electrons. The van der Waals surface area contributed by atoms with Crippen LogP contribution in [0.3, 0.4) is 0 Å². The smallest absolute Gasteiger partial charge is 0.0499 e. The molecular formula is C12H27NO. The Labute approximate surface area is 89.4 Å². The Morgan fingerprint density at radius 1 is 1.29 bits per heavy atom. The van der Waals surface area contributed by atoms with Crippen molar-refractivity contribution in [1.82, 2.24) is 5.32 Å². The summed E-state index contributed by atoms with van der Waals surface area (Å²) >= 11 is 0. The molecule has 0 fully saturated rings. The summed E-state index contributed by atoms with van der Waals surface area (Å²) in [6, 6.07) is 0.703. The van der Waals surface area contributed by atoms with E-state index in [4.69, 9.17) is 4.74 Å². The van der Waals surface area contributed by atoms with Gasteiger partial charge in [0.15, 0.2) is 0 Å². The van der Waals surface area contributed by atoms with Gasteiger partial charge in [-0.15, -0.1) is 0 Å². The van der Waals surface area contributed by atoms with E-state index < -0.39 is 0 Å². The lowest BCUT2D eigenvalue weighted by Gasteiger charge is -2.19. The molecule has 0 aromatic carbocycles. The van der Waals surface area contributed by atoms with Gasteiger partial charge < -0.3 is 10.1 Å². The van der Waals surface area contributed by atoms with Gasteiger partial charge in [-0.1, -0.05) is 33.6 Å². The normalized spacial score (nSPS) is 15.4. The van der Waals surface area contributed by atoms with Crippen molar-refractivity contribution in [2.75, 3.05) is 20.3 Å². The van der Waals surface area contributed by atoms with Crippen molar-refractivity contribution < 1.29 is 4.74 Å². The molecule has 2 atom stereocenters. The number of hydrogen-bond donors (Lipinski definition) is 1. The van der Waals surface area contributed by atoms with Gasteiger partial charge in [0.1, 0.15) is 0 Å². The third-order valence-electron chi connectivity index (χ3n) is 2.61. The topological polar surface area (TPSA) is 21.3 Å². The molecule has 86 valence electrons. The van der Waals surface area contributed by atoms with Crippen LogP contribution in [0.15, 0.2) is 0 Å². The van der Waals surface area contributed by atoms with E-state index in [9.17, 15) is 0 Å². The van der Waals surface area contributed by atoms with Gasteiger partial charge in [-0.25, -0.2) is 0 Å². The molecule has 0 aliphatic rings. The molecule has 14 heavy (non-hydrogen) atoms. The van der Waals surface area contributed by atoms with E-state index in [1.54, 1.807) is 7.11 Å². The zero-order chi connectivity index (χ0) is 10.8. The first-order chi connectivity index (χ1) is 6.74. The Morgan fingerprint density at radius 3 is 2.50 bits per heavy atom. The number of hydrogen-bond acceptors (Lipinski definition) is 2. The lowest BCUT2D eigenvalue weighted by molar-refractivity contribution is 0.156. The van der Waals surface area contributed by atoms with Gasteiger partial charge in [-0.3, -0.25) is 0 Å². The highest BCUT2D eigenvalue weighted by Gasteiger charge is 2.07. The maximum atomic E-state index is 5.11. The fraction of sp³-hybridized carbons (Fsp3) is 1.00. The predicted molar refractivity (Wildman–Crippen MR) is 62.6 cm³/mol. The van der Waals surface area contributed by atoms with Crippen LogP contribution in [-0.4, -0.2) is 26.3 Å². The largest absolute Gasteiger partial charge is 0.384 e. The predicted octanol–water partition coefficient (Wildman–Crippen LogP) is 2.83. The van der Waals surface area contributed by atoms with E-state index >= 15 is 0 Å². The number of methoxy groups -OCH3 is 1. The minimum absolute atomic E-state index is 0.621. The van der Waals surface area contributed by atoms with Gasteiger partial charge in [0, 0.05) is 26.3 Å². The van der Waals surface area contributed by atoms with Crippen molar-refractivity contribution in [3.8, 4) is 0 Å². The number of ether oxygens (including phenoxy) is 1. The maximum absolute atomic E-state index is 5.11. The molecule has 0 saturated heterocycles. The number of unbranched alkanes of at least 4 members (excludes halogenated alkanes) is 1. The summed E-state index contributed by atoms with van der Waals surface area (Å²) in [6.07, 6.45) is 5.18. The van der Waals surface area contributed by atoms with Crippen LogP contribution in [0.1, 0.15) is 46.5 Å². The third-order valence-corrected chi connectivity index (χ3v) is 2.61. The summed E-state index contributed by atoms with van der Waals surface area (Å²) in [5, 5.41) is 3.61. The molecule has 0 aromatic rings. The van der Waals surface area contributed by atoms with E-state index in [0.29, 0.717) is 12.0 Å². The van der Waals surface area contributed by atoms with Crippen molar-refractivity contribution in [3.63, 3.8) is 0 Å². The van der Waals surface area contributed by atoms with Crippen LogP contribution in [0.2, 0.25) is 0 Å². The van der Waals surface area contributed by atoms with Gasteiger partial charge >= 0.3 is 0 Å². The van der Waals surface area contributed by atoms with Crippen molar-refractivity contribution in [2.24, 2.45) is 5.92 Å². The zero-order valence-electron chi connectivity index (χ0n) is 10.3. The molecule has 0 bridgehead atoms. The SMILES string of the molecule is CCCCC(CC)NCC(C)COC. The fourth-order valence-electron chi connectivity index (χ4n) is 1.61. The van der Waals surface area contributed by atoms with Crippen LogP contribution in [0.5, 0.6) is 0 Å². The third kappa shape index (κ3) is 7.34. The fourth-order valence-corrected chi connectivity index (χ4v) is 1.61. The summed E-state index contributed by atoms with van der Waals surface area (Å²) in [5.74, 6) is 0.621. The quantitative estimate of drug-likeness (QED) is 0.619. The van der Waals surface area contributed by atoms with E-state index in [-0.39, 0.29) is 0 Å². The summed E-state index contributed by atoms with van der Waals surface area (Å²) in [6.45, 7) is 8.67. The van der Waals surface area contributed by atoms with Crippen LogP contribution in [-0.2, 0) is 4.74 Å². The Morgan fingerprint density at radius 2 is 2.00 bits per heavy atom. The van der Waals surface area contributed by atoms with Crippen molar-refractivity contribution >= 4 is 0 Å². The minimum Gasteiger partial charge on any atom is -0.384 e. The summed E-state index contributed by atoms with van der Waals surface area (Å²) in [4.78, 5) is 0. The molecule has 0 saturated carbocycles. The monoisotopic (exact) mass is 201 g/mol. The Kier molecular flexibility index (Phi) is 9.42. The molecule has 1 N–H and O–H groups in total. The lowest BCUT2D eigenvalue weighted by Crippen LogP contribution is -2.33. The van der Waals surface area contributed by atoms with Gasteiger partial charge in [0.05, 0.1) is 0 Å². The van der Waals surface area contributed by atoms with Crippen molar-refractivity contribution in [2.45, 2.75) is 52.5 Å². The standard InChI is InChI=1S/C12H27NO/c1-5-7-8-12(6-2)13-9-11(3)10-14-4/h11-13H,5-10H2,1-4H3. The summed E-state index contributed by atoms with van der Waals surface area (Å²) < 4.78 is 5.11. The summed E-state index contributed by atoms with van der Waals surface area (Å²) in [5.41, 5.74) is 0. The Hall–Kier alpha value is -0.0800. The molecule has 0 amide bonds. The molecule has 2 heteroatoms.